The largest absolute Gasteiger partial charge is 0.478 e. The van der Waals surface area contributed by atoms with E-state index in [0.717, 1.165) is 19.5 Å². The van der Waals surface area contributed by atoms with Crippen LogP contribution in [0.15, 0.2) is 18.2 Å². The highest BCUT2D eigenvalue weighted by molar-refractivity contribution is 5.89. The van der Waals surface area contributed by atoms with Crippen LogP contribution in [-0.2, 0) is 0 Å². The Kier molecular flexibility index (Phi) is 2.81. The molecule has 0 amide bonds. The summed E-state index contributed by atoms with van der Waals surface area (Å²) in [5.74, 6) is -0.763. The second kappa shape index (κ2) is 4.12. The monoisotopic (exact) mass is 223 g/mol. The molecule has 0 radical (unpaired) electrons. The van der Waals surface area contributed by atoms with Gasteiger partial charge in [-0.05, 0) is 30.5 Å². The van der Waals surface area contributed by atoms with E-state index >= 15 is 0 Å². The molecular weight excluding hydrogens is 209 g/mol. The molecule has 0 aliphatic carbocycles. The molecule has 4 heteroatoms. The second-order valence-corrected chi connectivity index (χ2v) is 4.15. The Labute approximate surface area is 93.5 Å². The number of anilines is 1. The molecule has 1 aliphatic rings. The van der Waals surface area contributed by atoms with E-state index in [9.17, 15) is 9.18 Å². The molecule has 0 aromatic heterocycles. The van der Waals surface area contributed by atoms with Crippen LogP contribution in [0, 0.1) is 11.7 Å². The predicted octanol–water partition coefficient (Wildman–Crippen LogP) is 2.37. The van der Waals surface area contributed by atoms with Gasteiger partial charge in [-0.1, -0.05) is 6.92 Å². The molecule has 1 heterocycles. The molecule has 16 heavy (non-hydrogen) atoms. The molecular formula is C12H14FNO2. The van der Waals surface area contributed by atoms with Crippen LogP contribution in [0.1, 0.15) is 23.7 Å². The normalized spacial score (nSPS) is 16.0. The molecule has 1 fully saturated rings. The van der Waals surface area contributed by atoms with E-state index in [4.69, 9.17) is 5.11 Å². The first kappa shape index (κ1) is 10.9. The Balaban J connectivity index is 2.20. The summed E-state index contributed by atoms with van der Waals surface area (Å²) in [7, 11) is 0. The summed E-state index contributed by atoms with van der Waals surface area (Å²) in [6, 6.07) is 3.92. The van der Waals surface area contributed by atoms with Crippen LogP contribution >= 0.6 is 0 Å². The molecule has 2 rings (SSSR count). The molecule has 1 aliphatic heterocycles. The summed E-state index contributed by atoms with van der Waals surface area (Å²) in [6.07, 6.45) is 1.08. The van der Waals surface area contributed by atoms with Crippen molar-refractivity contribution in [1.29, 1.82) is 0 Å². The third-order valence-corrected chi connectivity index (χ3v) is 3.07. The standard InChI is InChI=1S/C12H14FNO2/c1-2-8-6-14(7-8)11-5-9(12(15)16)3-4-10(11)13/h3-5,8H,2,6-7H2,1H3,(H,15,16). The van der Waals surface area contributed by atoms with Gasteiger partial charge in [0.1, 0.15) is 5.82 Å². The summed E-state index contributed by atoms with van der Waals surface area (Å²) < 4.78 is 13.5. The number of halogens is 1. The van der Waals surface area contributed by atoms with Gasteiger partial charge in [0.05, 0.1) is 11.3 Å². The highest BCUT2D eigenvalue weighted by Crippen LogP contribution is 2.29. The van der Waals surface area contributed by atoms with Crippen molar-refractivity contribution in [1.82, 2.24) is 0 Å². The van der Waals surface area contributed by atoms with Crippen molar-refractivity contribution in [2.45, 2.75) is 13.3 Å². The number of carboxylic acids is 1. The van der Waals surface area contributed by atoms with E-state index in [2.05, 4.69) is 6.92 Å². The summed E-state index contributed by atoms with van der Waals surface area (Å²) >= 11 is 0. The lowest BCUT2D eigenvalue weighted by atomic mass is 9.96. The molecule has 1 aromatic rings. The zero-order valence-corrected chi connectivity index (χ0v) is 9.11. The van der Waals surface area contributed by atoms with Gasteiger partial charge in [0.25, 0.3) is 0 Å². The van der Waals surface area contributed by atoms with E-state index in [0.29, 0.717) is 11.6 Å². The van der Waals surface area contributed by atoms with E-state index in [-0.39, 0.29) is 11.4 Å². The van der Waals surface area contributed by atoms with E-state index in [1.54, 1.807) is 0 Å². The Morgan fingerprint density at radius 3 is 2.81 bits per heavy atom. The number of carbonyl (C=O) groups is 1. The average Bonchev–Trinajstić information content (AvgIpc) is 2.18. The summed E-state index contributed by atoms with van der Waals surface area (Å²) in [4.78, 5) is 12.7. The second-order valence-electron chi connectivity index (χ2n) is 4.15. The lowest BCUT2D eigenvalue weighted by Crippen LogP contribution is -2.46. The van der Waals surface area contributed by atoms with Gasteiger partial charge in [0.15, 0.2) is 0 Å². The minimum absolute atomic E-state index is 0.136. The summed E-state index contributed by atoms with van der Waals surface area (Å²) in [5.41, 5.74) is 0.543. The van der Waals surface area contributed by atoms with Crippen molar-refractivity contribution in [3.05, 3.63) is 29.6 Å². The number of benzene rings is 1. The fourth-order valence-electron chi connectivity index (χ4n) is 1.91. The third-order valence-electron chi connectivity index (χ3n) is 3.07. The third kappa shape index (κ3) is 1.87. The van der Waals surface area contributed by atoms with Gasteiger partial charge in [0.2, 0.25) is 0 Å². The van der Waals surface area contributed by atoms with Crippen LogP contribution < -0.4 is 4.90 Å². The molecule has 0 unspecified atom stereocenters. The van der Waals surface area contributed by atoms with Crippen molar-refractivity contribution in [3.63, 3.8) is 0 Å². The first-order valence-corrected chi connectivity index (χ1v) is 5.39. The van der Waals surface area contributed by atoms with Crippen molar-refractivity contribution >= 4 is 11.7 Å². The van der Waals surface area contributed by atoms with Gasteiger partial charge < -0.3 is 10.0 Å². The fraction of sp³-hybridized carbons (Fsp3) is 0.417. The molecule has 1 N–H and O–H groups in total. The molecule has 3 nitrogen and oxygen atoms in total. The Hall–Kier alpha value is -1.58. The number of hydrogen-bond acceptors (Lipinski definition) is 2. The zero-order chi connectivity index (χ0) is 11.7. The van der Waals surface area contributed by atoms with Crippen LogP contribution in [0.5, 0.6) is 0 Å². The number of carboxylic acid groups (broad SMARTS) is 1. The highest BCUT2D eigenvalue weighted by Gasteiger charge is 2.27. The van der Waals surface area contributed by atoms with Crippen molar-refractivity contribution in [3.8, 4) is 0 Å². The molecule has 1 saturated heterocycles. The van der Waals surface area contributed by atoms with Gasteiger partial charge >= 0.3 is 5.97 Å². The van der Waals surface area contributed by atoms with Crippen molar-refractivity contribution in [2.75, 3.05) is 18.0 Å². The minimum atomic E-state index is -1.02. The van der Waals surface area contributed by atoms with Crippen LogP contribution in [0.2, 0.25) is 0 Å². The predicted molar refractivity (Wildman–Crippen MR) is 59.4 cm³/mol. The molecule has 0 bridgehead atoms. The number of hydrogen-bond donors (Lipinski definition) is 1. The maximum absolute atomic E-state index is 13.5. The quantitative estimate of drug-likeness (QED) is 0.855. The molecule has 86 valence electrons. The lowest BCUT2D eigenvalue weighted by Gasteiger charge is -2.40. The Morgan fingerprint density at radius 1 is 1.56 bits per heavy atom. The lowest BCUT2D eigenvalue weighted by molar-refractivity contribution is 0.0697. The number of aromatic carboxylic acids is 1. The van der Waals surface area contributed by atoms with Crippen LogP contribution in [0.4, 0.5) is 10.1 Å². The average molecular weight is 223 g/mol. The van der Waals surface area contributed by atoms with Crippen LogP contribution in [-0.4, -0.2) is 24.2 Å². The van der Waals surface area contributed by atoms with Gasteiger partial charge in [-0.25, -0.2) is 9.18 Å². The fourth-order valence-corrected chi connectivity index (χ4v) is 1.91. The van der Waals surface area contributed by atoms with Gasteiger partial charge in [0, 0.05) is 13.1 Å². The SMILES string of the molecule is CCC1CN(c2cc(C(=O)O)ccc2F)C1. The Bertz CT molecular complexity index is 413. The number of nitrogens with zero attached hydrogens (tertiary/aromatic N) is 1. The first-order valence-electron chi connectivity index (χ1n) is 5.39. The van der Waals surface area contributed by atoms with Crippen LogP contribution in [0.3, 0.4) is 0 Å². The van der Waals surface area contributed by atoms with Gasteiger partial charge in [-0.3, -0.25) is 0 Å². The van der Waals surface area contributed by atoms with Gasteiger partial charge in [-0.2, -0.15) is 0 Å². The first-order chi connectivity index (χ1) is 7.61. The van der Waals surface area contributed by atoms with Crippen molar-refractivity contribution in [2.24, 2.45) is 5.92 Å². The summed E-state index contributed by atoms with van der Waals surface area (Å²) in [6.45, 7) is 3.74. The molecule has 0 atom stereocenters. The number of rotatable bonds is 3. The van der Waals surface area contributed by atoms with E-state index < -0.39 is 5.97 Å². The van der Waals surface area contributed by atoms with Gasteiger partial charge in [-0.15, -0.1) is 0 Å². The molecule has 0 saturated carbocycles. The topological polar surface area (TPSA) is 40.5 Å². The van der Waals surface area contributed by atoms with E-state index in [1.807, 2.05) is 4.90 Å². The maximum atomic E-state index is 13.5. The minimum Gasteiger partial charge on any atom is -0.478 e. The Morgan fingerprint density at radius 2 is 2.25 bits per heavy atom. The summed E-state index contributed by atoms with van der Waals surface area (Å²) in [5, 5.41) is 8.83. The molecule has 0 spiro atoms. The maximum Gasteiger partial charge on any atom is 0.335 e. The molecule has 1 aromatic carbocycles. The van der Waals surface area contributed by atoms with Crippen LogP contribution in [0.25, 0.3) is 0 Å². The smallest absolute Gasteiger partial charge is 0.335 e. The zero-order valence-electron chi connectivity index (χ0n) is 9.11. The van der Waals surface area contributed by atoms with Crippen molar-refractivity contribution < 1.29 is 14.3 Å². The van der Waals surface area contributed by atoms with E-state index in [1.165, 1.54) is 18.2 Å². The highest BCUT2D eigenvalue weighted by atomic mass is 19.1.